The van der Waals surface area contributed by atoms with Crippen molar-refractivity contribution < 1.29 is 0 Å². The average Bonchev–Trinajstić information content (AvgIpc) is 2.27. The molecule has 0 radical (unpaired) electrons. The van der Waals surface area contributed by atoms with Crippen molar-refractivity contribution in [2.45, 2.75) is 51.0 Å². The first-order chi connectivity index (χ1) is 8.25. The second-order valence-electron chi connectivity index (χ2n) is 4.68. The number of halogens is 2. The molecule has 1 aliphatic carbocycles. The van der Waals surface area contributed by atoms with Gasteiger partial charge in [-0.3, -0.25) is 0 Å². The normalized spacial score (nSPS) is 18.5. The lowest BCUT2D eigenvalue weighted by atomic mass is 9.96. The van der Waals surface area contributed by atoms with Crippen LogP contribution < -0.4 is 5.32 Å². The summed E-state index contributed by atoms with van der Waals surface area (Å²) in [5, 5.41) is 4.09. The van der Waals surface area contributed by atoms with Crippen LogP contribution in [0.25, 0.3) is 0 Å². The quantitative estimate of drug-likeness (QED) is 0.774. The summed E-state index contributed by atoms with van der Waals surface area (Å²) in [4.78, 5) is 4.14. The zero-order chi connectivity index (χ0) is 12.1. The first kappa shape index (κ1) is 13.2. The van der Waals surface area contributed by atoms with Gasteiger partial charge in [-0.05, 0) is 34.8 Å². The van der Waals surface area contributed by atoms with Crippen molar-refractivity contribution in [2.24, 2.45) is 0 Å². The van der Waals surface area contributed by atoms with E-state index >= 15 is 0 Å². The van der Waals surface area contributed by atoms with Crippen molar-refractivity contribution in [3.63, 3.8) is 0 Å². The van der Waals surface area contributed by atoms with Gasteiger partial charge in [-0.15, -0.1) is 0 Å². The Morgan fingerprint density at radius 1 is 1.18 bits per heavy atom. The Kier molecular flexibility index (Phi) is 5.11. The molecule has 17 heavy (non-hydrogen) atoms. The van der Waals surface area contributed by atoms with E-state index in [1.54, 1.807) is 0 Å². The Bertz CT molecular complexity index is 362. The predicted molar refractivity (Wildman–Crippen MR) is 76.7 cm³/mol. The van der Waals surface area contributed by atoms with Gasteiger partial charge in [-0.1, -0.05) is 43.7 Å². The molecule has 0 aliphatic heterocycles. The Morgan fingerprint density at radius 2 is 1.82 bits per heavy atom. The van der Waals surface area contributed by atoms with E-state index in [-0.39, 0.29) is 0 Å². The monoisotopic (exact) mass is 316 g/mol. The molecule has 0 aromatic carbocycles. The summed E-state index contributed by atoms with van der Waals surface area (Å²) < 4.78 is 0.856. The van der Waals surface area contributed by atoms with Crippen molar-refractivity contribution in [3.8, 4) is 0 Å². The summed E-state index contributed by atoms with van der Waals surface area (Å²) in [7, 11) is 0. The Labute approximate surface area is 116 Å². The van der Waals surface area contributed by atoms with Crippen molar-refractivity contribution in [3.05, 3.63) is 21.9 Å². The van der Waals surface area contributed by atoms with Crippen molar-refractivity contribution in [2.75, 3.05) is 5.32 Å². The Morgan fingerprint density at radius 3 is 2.47 bits per heavy atom. The lowest BCUT2D eigenvalue weighted by Crippen LogP contribution is -2.20. The van der Waals surface area contributed by atoms with Gasteiger partial charge >= 0.3 is 0 Å². The molecule has 0 atom stereocenters. The highest BCUT2D eigenvalue weighted by Crippen LogP contribution is 2.25. The molecule has 2 rings (SSSR count). The molecule has 0 bridgehead atoms. The second-order valence-corrected chi connectivity index (χ2v) is 5.90. The maximum Gasteiger partial charge on any atom is 0.143 e. The van der Waals surface area contributed by atoms with Crippen LogP contribution in [0.1, 0.15) is 44.9 Å². The fourth-order valence-corrected chi connectivity index (χ4v) is 2.79. The summed E-state index contributed by atoms with van der Waals surface area (Å²) in [5.74, 6) is 0. The van der Waals surface area contributed by atoms with E-state index in [0.717, 1.165) is 10.2 Å². The fourth-order valence-electron chi connectivity index (χ4n) is 2.34. The van der Waals surface area contributed by atoms with Crippen LogP contribution in [0.5, 0.6) is 0 Å². The van der Waals surface area contributed by atoms with E-state index in [1.807, 2.05) is 12.3 Å². The van der Waals surface area contributed by atoms with E-state index < -0.39 is 0 Å². The number of anilines is 1. The lowest BCUT2D eigenvalue weighted by molar-refractivity contribution is 0.471. The first-order valence-corrected chi connectivity index (χ1v) is 7.50. The summed E-state index contributed by atoms with van der Waals surface area (Å²) in [6.07, 6.45) is 11.2. The van der Waals surface area contributed by atoms with Crippen LogP contribution in [0.15, 0.2) is 16.7 Å². The highest BCUT2D eigenvalue weighted by molar-refractivity contribution is 9.10. The average molecular weight is 318 g/mol. The first-order valence-electron chi connectivity index (χ1n) is 6.33. The van der Waals surface area contributed by atoms with E-state index in [0.29, 0.717) is 11.2 Å². The number of hydrogen-bond acceptors (Lipinski definition) is 2. The molecule has 1 fully saturated rings. The Hall–Kier alpha value is -0.280. The van der Waals surface area contributed by atoms with Gasteiger partial charge in [0.15, 0.2) is 0 Å². The molecule has 0 saturated heterocycles. The minimum Gasteiger partial charge on any atom is -0.381 e. The molecule has 1 heterocycles. The third-order valence-electron chi connectivity index (χ3n) is 3.27. The van der Waals surface area contributed by atoms with Crippen molar-refractivity contribution in [1.29, 1.82) is 0 Å². The van der Waals surface area contributed by atoms with Gasteiger partial charge in [0, 0.05) is 6.04 Å². The number of nitrogens with one attached hydrogen (secondary N) is 1. The molecule has 1 aromatic rings. The predicted octanol–water partition coefficient (Wildman–Crippen LogP) is 5.02. The number of hydrogen-bond donors (Lipinski definition) is 1. The van der Waals surface area contributed by atoms with Gasteiger partial charge in [0.2, 0.25) is 0 Å². The van der Waals surface area contributed by atoms with Crippen LogP contribution in [0.2, 0.25) is 5.15 Å². The zero-order valence-corrected chi connectivity index (χ0v) is 12.2. The minimum absolute atomic E-state index is 0.521. The van der Waals surface area contributed by atoms with Crippen LogP contribution in [0, 0.1) is 0 Å². The van der Waals surface area contributed by atoms with Gasteiger partial charge < -0.3 is 5.32 Å². The minimum atomic E-state index is 0.521. The zero-order valence-electron chi connectivity index (χ0n) is 9.88. The van der Waals surface area contributed by atoms with Crippen LogP contribution in [-0.4, -0.2) is 11.0 Å². The standard InChI is InChI=1S/C13H18BrClN2/c14-12-8-11(9-16-13(12)15)17-10-6-4-2-1-3-5-7-10/h8-10,17H,1-7H2. The molecule has 1 aromatic heterocycles. The van der Waals surface area contributed by atoms with E-state index in [4.69, 9.17) is 11.6 Å². The highest BCUT2D eigenvalue weighted by Gasteiger charge is 2.11. The molecule has 0 amide bonds. The smallest absolute Gasteiger partial charge is 0.143 e. The SMILES string of the molecule is Clc1ncc(NC2CCCCCCC2)cc1Br. The maximum absolute atomic E-state index is 5.89. The molecule has 0 spiro atoms. The van der Waals surface area contributed by atoms with Gasteiger partial charge in [0.05, 0.1) is 16.4 Å². The second kappa shape index (κ2) is 6.60. The molecule has 4 heteroatoms. The van der Waals surface area contributed by atoms with Gasteiger partial charge in [0.1, 0.15) is 5.15 Å². The van der Waals surface area contributed by atoms with Gasteiger partial charge in [-0.2, -0.15) is 0 Å². The number of aromatic nitrogens is 1. The van der Waals surface area contributed by atoms with Crippen LogP contribution in [-0.2, 0) is 0 Å². The summed E-state index contributed by atoms with van der Waals surface area (Å²) >= 11 is 9.29. The number of rotatable bonds is 2. The van der Waals surface area contributed by atoms with E-state index in [1.165, 1.54) is 44.9 Å². The van der Waals surface area contributed by atoms with Crippen LogP contribution in [0.4, 0.5) is 5.69 Å². The number of pyridine rings is 1. The molecular weight excluding hydrogens is 300 g/mol. The van der Waals surface area contributed by atoms with Crippen molar-refractivity contribution in [1.82, 2.24) is 4.98 Å². The third-order valence-corrected chi connectivity index (χ3v) is 4.41. The van der Waals surface area contributed by atoms with Gasteiger partial charge in [0.25, 0.3) is 0 Å². The van der Waals surface area contributed by atoms with Crippen molar-refractivity contribution >= 4 is 33.2 Å². The topological polar surface area (TPSA) is 24.9 Å². The molecule has 2 nitrogen and oxygen atoms in total. The molecule has 94 valence electrons. The van der Waals surface area contributed by atoms with Gasteiger partial charge in [-0.25, -0.2) is 4.98 Å². The van der Waals surface area contributed by atoms with E-state index in [2.05, 4.69) is 26.2 Å². The molecule has 1 aliphatic rings. The molecule has 0 unspecified atom stereocenters. The highest BCUT2D eigenvalue weighted by atomic mass is 79.9. The molecule has 1 saturated carbocycles. The van der Waals surface area contributed by atoms with Crippen LogP contribution in [0.3, 0.4) is 0 Å². The fraction of sp³-hybridized carbons (Fsp3) is 0.615. The lowest BCUT2D eigenvalue weighted by Gasteiger charge is -2.22. The summed E-state index contributed by atoms with van der Waals surface area (Å²) in [5.41, 5.74) is 1.06. The molecule has 1 N–H and O–H groups in total. The Balaban J connectivity index is 1.95. The third kappa shape index (κ3) is 4.14. The summed E-state index contributed by atoms with van der Waals surface area (Å²) in [6, 6.07) is 2.60. The largest absolute Gasteiger partial charge is 0.381 e. The molecular formula is C13H18BrClN2. The number of nitrogens with zero attached hydrogens (tertiary/aromatic N) is 1. The van der Waals surface area contributed by atoms with Crippen LogP contribution >= 0.6 is 27.5 Å². The van der Waals surface area contributed by atoms with E-state index in [9.17, 15) is 0 Å². The summed E-state index contributed by atoms with van der Waals surface area (Å²) in [6.45, 7) is 0. The maximum atomic E-state index is 5.89.